The second-order valence-electron chi connectivity index (χ2n) is 8.27. The van der Waals surface area contributed by atoms with E-state index < -0.39 is 0 Å². The van der Waals surface area contributed by atoms with Crippen LogP contribution in [0, 0.1) is 6.92 Å². The van der Waals surface area contributed by atoms with Gasteiger partial charge in [-0.05, 0) is 43.8 Å². The molecule has 0 spiro atoms. The molecule has 4 rings (SSSR count). The molecule has 0 N–H and O–H groups in total. The molecule has 0 saturated carbocycles. The Morgan fingerprint density at radius 1 is 0.875 bits per heavy atom. The molecule has 5 heteroatoms. The maximum absolute atomic E-state index is 6.29. The molecule has 32 heavy (non-hydrogen) atoms. The van der Waals surface area contributed by atoms with Crippen LogP contribution in [0.3, 0.4) is 0 Å². The lowest BCUT2D eigenvalue weighted by Gasteiger charge is -2.23. The molecule has 5 nitrogen and oxygen atoms in total. The van der Waals surface area contributed by atoms with Crippen LogP contribution in [-0.4, -0.2) is 56.0 Å². The number of likely N-dealkylation sites (N-methyl/N-ethyl adjacent to an activating group) is 1. The smallest absolute Gasteiger partial charge is 0.129 e. The summed E-state index contributed by atoms with van der Waals surface area (Å²) in [5.41, 5.74) is 3.53. The summed E-state index contributed by atoms with van der Waals surface area (Å²) in [7, 11) is 5.92. The van der Waals surface area contributed by atoms with E-state index in [1.54, 1.807) is 7.11 Å². The van der Waals surface area contributed by atoms with Crippen LogP contribution in [0.4, 0.5) is 0 Å². The molecule has 168 valence electrons. The molecule has 1 aromatic heterocycles. The van der Waals surface area contributed by atoms with Crippen LogP contribution in [0.15, 0.2) is 66.7 Å². The van der Waals surface area contributed by atoms with Crippen LogP contribution < -0.4 is 9.47 Å². The number of hydrogen-bond acceptors (Lipinski definition) is 4. The third-order valence-electron chi connectivity index (χ3n) is 6.00. The summed E-state index contributed by atoms with van der Waals surface area (Å²) in [6.45, 7) is 4.76. The van der Waals surface area contributed by atoms with Crippen LogP contribution in [0.2, 0.25) is 0 Å². The zero-order chi connectivity index (χ0) is 22.5. The van der Waals surface area contributed by atoms with Crippen molar-refractivity contribution in [3.05, 3.63) is 72.3 Å². The van der Waals surface area contributed by atoms with Gasteiger partial charge in [-0.25, -0.2) is 0 Å². The number of aromatic nitrogens is 1. The first-order valence-electron chi connectivity index (χ1n) is 11.1. The first-order chi connectivity index (χ1) is 15.6. The van der Waals surface area contributed by atoms with Gasteiger partial charge >= 0.3 is 0 Å². The van der Waals surface area contributed by atoms with Crippen LogP contribution in [0.1, 0.15) is 5.56 Å². The fraction of sp³-hybridized carbons (Fsp3) is 0.333. The Morgan fingerprint density at radius 2 is 1.59 bits per heavy atom. The minimum atomic E-state index is -0.0382. The molecule has 0 aliphatic carbocycles. The van der Waals surface area contributed by atoms with E-state index in [1.165, 1.54) is 16.4 Å². The SMILES string of the molecule is COC(COc1cccc2c1c1ccccc1n2C)CN(C)CCOc1ccccc1C. The number of aryl methyl sites for hydroxylation is 2. The van der Waals surface area contributed by atoms with Gasteiger partial charge in [-0.2, -0.15) is 0 Å². The Labute approximate surface area is 190 Å². The maximum atomic E-state index is 6.29. The van der Waals surface area contributed by atoms with Crippen LogP contribution in [-0.2, 0) is 11.8 Å². The Hall–Kier alpha value is -3.02. The number of ether oxygens (including phenoxy) is 3. The summed E-state index contributed by atoms with van der Waals surface area (Å²) < 4.78 is 20.1. The maximum Gasteiger partial charge on any atom is 0.129 e. The second-order valence-corrected chi connectivity index (χ2v) is 8.27. The number of hydrogen-bond donors (Lipinski definition) is 0. The summed E-state index contributed by atoms with van der Waals surface area (Å²) in [4.78, 5) is 2.22. The van der Waals surface area contributed by atoms with Crippen molar-refractivity contribution in [3.63, 3.8) is 0 Å². The monoisotopic (exact) mass is 432 g/mol. The molecular weight excluding hydrogens is 400 g/mol. The van der Waals surface area contributed by atoms with Gasteiger partial charge in [0.25, 0.3) is 0 Å². The van der Waals surface area contributed by atoms with E-state index in [9.17, 15) is 0 Å². The third kappa shape index (κ3) is 4.74. The summed E-state index contributed by atoms with van der Waals surface area (Å²) in [6.07, 6.45) is -0.0382. The van der Waals surface area contributed by atoms with Gasteiger partial charge in [0.15, 0.2) is 0 Å². The Morgan fingerprint density at radius 3 is 2.41 bits per heavy atom. The van der Waals surface area contributed by atoms with E-state index in [-0.39, 0.29) is 6.10 Å². The zero-order valence-electron chi connectivity index (χ0n) is 19.4. The molecular formula is C27H32N2O3. The molecule has 1 unspecified atom stereocenters. The number of para-hydroxylation sites is 2. The third-order valence-corrected chi connectivity index (χ3v) is 6.00. The highest BCUT2D eigenvalue weighted by Crippen LogP contribution is 2.34. The van der Waals surface area contributed by atoms with Crippen molar-refractivity contribution in [2.45, 2.75) is 13.0 Å². The number of fused-ring (bicyclic) bond motifs is 3. The molecule has 1 atom stereocenters. The van der Waals surface area contributed by atoms with Crippen LogP contribution >= 0.6 is 0 Å². The summed E-state index contributed by atoms with van der Waals surface area (Å²) >= 11 is 0. The number of methoxy groups -OCH3 is 1. The van der Waals surface area contributed by atoms with Crippen LogP contribution in [0.5, 0.6) is 11.5 Å². The predicted octanol–water partition coefficient (Wildman–Crippen LogP) is 5.04. The normalized spacial score (nSPS) is 12.5. The fourth-order valence-corrected chi connectivity index (χ4v) is 4.14. The average Bonchev–Trinajstić information content (AvgIpc) is 3.11. The van der Waals surface area contributed by atoms with Gasteiger partial charge in [0.05, 0.1) is 5.52 Å². The summed E-state index contributed by atoms with van der Waals surface area (Å²) in [6, 6.07) is 22.8. The van der Waals surface area contributed by atoms with Gasteiger partial charge in [0.2, 0.25) is 0 Å². The second kappa shape index (κ2) is 10.1. The van der Waals surface area contributed by atoms with E-state index in [0.717, 1.165) is 35.5 Å². The molecule has 0 aliphatic rings. The molecule has 0 radical (unpaired) electrons. The first kappa shape index (κ1) is 22.2. The predicted molar refractivity (Wildman–Crippen MR) is 131 cm³/mol. The number of benzene rings is 3. The van der Waals surface area contributed by atoms with Crippen molar-refractivity contribution in [3.8, 4) is 11.5 Å². The summed E-state index contributed by atoms with van der Waals surface area (Å²) in [5, 5.41) is 2.36. The highest BCUT2D eigenvalue weighted by Gasteiger charge is 2.16. The molecule has 0 fully saturated rings. The van der Waals surface area contributed by atoms with Gasteiger partial charge in [0.1, 0.15) is 30.8 Å². The lowest BCUT2D eigenvalue weighted by atomic mass is 10.1. The van der Waals surface area contributed by atoms with Crippen molar-refractivity contribution in [1.29, 1.82) is 0 Å². The number of nitrogens with zero attached hydrogens (tertiary/aromatic N) is 2. The fourth-order valence-electron chi connectivity index (χ4n) is 4.14. The van der Waals surface area contributed by atoms with Gasteiger partial charge in [0, 0.05) is 43.5 Å². The minimum absolute atomic E-state index is 0.0382. The standard InChI is InChI=1S/C27H32N2O3/c1-20-10-5-8-14-25(20)31-17-16-28(2)18-21(30-4)19-32-26-15-9-13-24-27(26)22-11-6-7-12-23(22)29(24)3/h5-15,21H,16-19H2,1-4H3. The van der Waals surface area contributed by atoms with E-state index >= 15 is 0 Å². The first-order valence-corrected chi connectivity index (χ1v) is 11.1. The molecule has 0 amide bonds. The van der Waals surface area contributed by atoms with Gasteiger partial charge in [-0.3, -0.25) is 0 Å². The molecule has 4 aromatic rings. The number of rotatable bonds is 10. The van der Waals surface area contributed by atoms with Gasteiger partial charge in [-0.15, -0.1) is 0 Å². The highest BCUT2D eigenvalue weighted by atomic mass is 16.5. The topological polar surface area (TPSA) is 35.9 Å². The molecule has 3 aromatic carbocycles. The van der Waals surface area contributed by atoms with Crippen molar-refractivity contribution in [2.75, 3.05) is 40.5 Å². The van der Waals surface area contributed by atoms with Crippen molar-refractivity contribution in [1.82, 2.24) is 9.47 Å². The Bertz CT molecular complexity index is 1180. The lowest BCUT2D eigenvalue weighted by molar-refractivity contribution is 0.0331. The molecule has 0 bridgehead atoms. The largest absolute Gasteiger partial charge is 0.492 e. The Balaban J connectivity index is 1.37. The van der Waals surface area contributed by atoms with Crippen molar-refractivity contribution >= 4 is 21.8 Å². The zero-order valence-corrected chi connectivity index (χ0v) is 19.4. The average molecular weight is 433 g/mol. The van der Waals surface area contributed by atoms with Gasteiger partial charge < -0.3 is 23.7 Å². The summed E-state index contributed by atoms with van der Waals surface area (Å²) in [5.74, 6) is 1.84. The minimum Gasteiger partial charge on any atom is -0.492 e. The van der Waals surface area contributed by atoms with Crippen LogP contribution in [0.25, 0.3) is 21.8 Å². The molecule has 0 aliphatic heterocycles. The van der Waals surface area contributed by atoms with E-state index in [1.807, 2.05) is 30.3 Å². The van der Waals surface area contributed by atoms with E-state index in [4.69, 9.17) is 14.2 Å². The molecule has 1 heterocycles. The van der Waals surface area contributed by atoms with E-state index in [0.29, 0.717) is 13.2 Å². The quantitative estimate of drug-likeness (QED) is 0.352. The van der Waals surface area contributed by atoms with E-state index in [2.05, 4.69) is 66.9 Å². The molecule has 0 saturated heterocycles. The highest BCUT2D eigenvalue weighted by molar-refractivity contribution is 6.11. The Kier molecular flexibility index (Phi) is 6.98. The van der Waals surface area contributed by atoms with Gasteiger partial charge in [-0.1, -0.05) is 42.5 Å². The van der Waals surface area contributed by atoms with Crippen molar-refractivity contribution in [2.24, 2.45) is 7.05 Å². The lowest BCUT2D eigenvalue weighted by Crippen LogP contribution is -2.36. The van der Waals surface area contributed by atoms with Crippen molar-refractivity contribution < 1.29 is 14.2 Å².